The van der Waals surface area contributed by atoms with E-state index in [1.807, 2.05) is 25.1 Å². The Morgan fingerprint density at radius 1 is 1.20 bits per heavy atom. The summed E-state index contributed by atoms with van der Waals surface area (Å²) in [5.74, 6) is 0.410. The number of ether oxygens (including phenoxy) is 1. The normalized spacial score (nSPS) is 10.3. The number of nitrogens with one attached hydrogen (secondary N) is 1. The zero-order valence-electron chi connectivity index (χ0n) is 10.9. The molecule has 0 radical (unpaired) electrons. The third-order valence-corrected chi connectivity index (χ3v) is 3.41. The summed E-state index contributed by atoms with van der Waals surface area (Å²) in [6, 6.07) is 10.7. The predicted molar refractivity (Wildman–Crippen MR) is 83.0 cm³/mol. The van der Waals surface area contributed by atoms with Crippen LogP contribution in [0.1, 0.15) is 16.7 Å². The fourth-order valence-corrected chi connectivity index (χ4v) is 2.21. The number of aryl methyl sites for hydroxylation is 1. The van der Waals surface area contributed by atoms with Crippen LogP contribution in [0.25, 0.3) is 0 Å². The molecular weight excluding hydrogens is 295 g/mol. The van der Waals surface area contributed by atoms with Gasteiger partial charge in [0.05, 0.1) is 5.56 Å². The number of nitrogens with two attached hydrogens (primary N) is 1. The lowest BCUT2D eigenvalue weighted by Crippen LogP contribution is -2.13. The summed E-state index contributed by atoms with van der Waals surface area (Å²) < 4.78 is 5.70. The molecule has 0 bridgehead atoms. The Bertz CT molecular complexity index is 656. The minimum absolute atomic E-state index is 0.0633. The van der Waals surface area contributed by atoms with Gasteiger partial charge < -0.3 is 10.5 Å². The van der Waals surface area contributed by atoms with E-state index in [0.29, 0.717) is 28.0 Å². The van der Waals surface area contributed by atoms with Crippen LogP contribution < -0.4 is 10.5 Å². The molecule has 0 aliphatic rings. The van der Waals surface area contributed by atoms with E-state index in [2.05, 4.69) is 0 Å². The maximum atomic E-state index is 7.53. The first kappa shape index (κ1) is 14.7. The van der Waals surface area contributed by atoms with E-state index in [-0.39, 0.29) is 5.84 Å². The second-order valence-corrected chi connectivity index (χ2v) is 5.28. The smallest absolute Gasteiger partial charge is 0.132 e. The molecule has 5 heteroatoms. The zero-order valence-corrected chi connectivity index (χ0v) is 12.4. The number of amidine groups is 1. The lowest BCUT2D eigenvalue weighted by molar-refractivity contribution is 0.305. The van der Waals surface area contributed by atoms with Gasteiger partial charge in [0, 0.05) is 15.6 Å². The van der Waals surface area contributed by atoms with Gasteiger partial charge in [-0.1, -0.05) is 35.3 Å². The Morgan fingerprint density at radius 2 is 1.95 bits per heavy atom. The maximum Gasteiger partial charge on any atom is 0.132 e. The van der Waals surface area contributed by atoms with Crippen molar-refractivity contribution in [2.45, 2.75) is 13.5 Å². The van der Waals surface area contributed by atoms with Crippen molar-refractivity contribution in [3.8, 4) is 5.75 Å². The highest BCUT2D eigenvalue weighted by atomic mass is 35.5. The lowest BCUT2D eigenvalue weighted by Gasteiger charge is -2.12. The van der Waals surface area contributed by atoms with Gasteiger partial charge in [0.1, 0.15) is 18.2 Å². The molecule has 20 heavy (non-hydrogen) atoms. The highest BCUT2D eigenvalue weighted by Crippen LogP contribution is 2.25. The summed E-state index contributed by atoms with van der Waals surface area (Å²) in [4.78, 5) is 0. The van der Waals surface area contributed by atoms with E-state index in [9.17, 15) is 0 Å². The van der Waals surface area contributed by atoms with Crippen LogP contribution in [0.3, 0.4) is 0 Å². The number of rotatable bonds is 4. The van der Waals surface area contributed by atoms with Gasteiger partial charge in [0.25, 0.3) is 0 Å². The second-order valence-electron chi connectivity index (χ2n) is 4.44. The van der Waals surface area contributed by atoms with Crippen molar-refractivity contribution in [3.05, 3.63) is 63.1 Å². The molecule has 2 aromatic rings. The van der Waals surface area contributed by atoms with Crippen molar-refractivity contribution in [3.63, 3.8) is 0 Å². The Hall–Kier alpha value is -1.71. The number of benzene rings is 2. The van der Waals surface area contributed by atoms with Gasteiger partial charge in [-0.2, -0.15) is 0 Å². The van der Waals surface area contributed by atoms with Crippen molar-refractivity contribution in [2.24, 2.45) is 5.73 Å². The molecule has 0 amide bonds. The number of hydrogen-bond acceptors (Lipinski definition) is 2. The summed E-state index contributed by atoms with van der Waals surface area (Å²) in [6.07, 6.45) is 0. The zero-order chi connectivity index (χ0) is 14.7. The fraction of sp³-hybridized carbons (Fsp3) is 0.133. The van der Waals surface area contributed by atoms with E-state index in [1.165, 1.54) is 0 Å². The number of nitrogen functional groups attached to an aromatic ring is 1. The van der Waals surface area contributed by atoms with Crippen LogP contribution in [0.4, 0.5) is 0 Å². The SMILES string of the molecule is Cc1ccc(COc2cc(Cl)ccc2C(=N)N)c(Cl)c1. The van der Waals surface area contributed by atoms with Crippen molar-refractivity contribution in [2.75, 3.05) is 0 Å². The van der Waals surface area contributed by atoms with Crippen LogP contribution in [0, 0.1) is 12.3 Å². The van der Waals surface area contributed by atoms with E-state index in [4.69, 9.17) is 39.1 Å². The first-order chi connectivity index (χ1) is 9.47. The third-order valence-electron chi connectivity index (χ3n) is 2.83. The van der Waals surface area contributed by atoms with Crippen molar-refractivity contribution < 1.29 is 4.74 Å². The molecule has 2 aromatic carbocycles. The minimum Gasteiger partial charge on any atom is -0.488 e. The first-order valence-electron chi connectivity index (χ1n) is 5.99. The molecule has 0 atom stereocenters. The molecular formula is C15H14Cl2N2O. The molecule has 2 rings (SSSR count). The fourth-order valence-electron chi connectivity index (χ4n) is 1.76. The van der Waals surface area contributed by atoms with Gasteiger partial charge in [-0.25, -0.2) is 0 Å². The van der Waals surface area contributed by atoms with Crippen molar-refractivity contribution in [1.29, 1.82) is 5.41 Å². The molecule has 0 saturated heterocycles. The molecule has 3 nitrogen and oxygen atoms in total. The topological polar surface area (TPSA) is 59.1 Å². The van der Waals surface area contributed by atoms with E-state index in [0.717, 1.165) is 11.1 Å². The van der Waals surface area contributed by atoms with E-state index >= 15 is 0 Å². The molecule has 0 aromatic heterocycles. The standard InChI is InChI=1S/C15H14Cl2N2O/c1-9-2-3-10(13(17)6-9)8-20-14-7-11(16)4-5-12(14)15(18)19/h2-7H,8H2,1H3,(H3,18,19). The van der Waals surface area contributed by atoms with E-state index < -0.39 is 0 Å². The predicted octanol–water partition coefficient (Wildman–Crippen LogP) is 4.16. The van der Waals surface area contributed by atoms with Crippen molar-refractivity contribution in [1.82, 2.24) is 0 Å². The molecule has 0 aliphatic heterocycles. The Balaban J connectivity index is 2.22. The highest BCUT2D eigenvalue weighted by molar-refractivity contribution is 6.31. The van der Waals surface area contributed by atoms with Gasteiger partial charge in [-0.15, -0.1) is 0 Å². The van der Waals surface area contributed by atoms with Gasteiger partial charge in [-0.05, 0) is 36.8 Å². The van der Waals surface area contributed by atoms with Gasteiger partial charge in [-0.3, -0.25) is 5.41 Å². The van der Waals surface area contributed by atoms with E-state index in [1.54, 1.807) is 18.2 Å². The second kappa shape index (κ2) is 6.16. The average Bonchev–Trinajstić information content (AvgIpc) is 2.37. The lowest BCUT2D eigenvalue weighted by atomic mass is 10.1. The maximum absolute atomic E-state index is 7.53. The van der Waals surface area contributed by atoms with Gasteiger partial charge in [0.15, 0.2) is 0 Å². The Kier molecular flexibility index (Phi) is 4.53. The van der Waals surface area contributed by atoms with Crippen LogP contribution in [0.15, 0.2) is 36.4 Å². The minimum atomic E-state index is -0.0633. The number of halogens is 2. The van der Waals surface area contributed by atoms with Crippen LogP contribution in [-0.2, 0) is 6.61 Å². The van der Waals surface area contributed by atoms with Gasteiger partial charge >= 0.3 is 0 Å². The molecule has 104 valence electrons. The monoisotopic (exact) mass is 308 g/mol. The Labute approximate surface area is 127 Å². The quantitative estimate of drug-likeness (QED) is 0.658. The van der Waals surface area contributed by atoms with Crippen LogP contribution in [0.2, 0.25) is 10.0 Å². The summed E-state index contributed by atoms with van der Waals surface area (Å²) >= 11 is 12.1. The molecule has 0 aliphatic carbocycles. The largest absolute Gasteiger partial charge is 0.488 e. The molecule has 0 fully saturated rings. The average molecular weight is 309 g/mol. The first-order valence-corrected chi connectivity index (χ1v) is 6.74. The van der Waals surface area contributed by atoms with Gasteiger partial charge in [0.2, 0.25) is 0 Å². The molecule has 0 saturated carbocycles. The van der Waals surface area contributed by atoms with Crippen LogP contribution in [0.5, 0.6) is 5.75 Å². The highest BCUT2D eigenvalue weighted by Gasteiger charge is 2.09. The molecule has 0 spiro atoms. The van der Waals surface area contributed by atoms with Crippen LogP contribution >= 0.6 is 23.2 Å². The summed E-state index contributed by atoms with van der Waals surface area (Å²) in [5.41, 5.74) is 7.99. The van der Waals surface area contributed by atoms with Crippen LogP contribution in [-0.4, -0.2) is 5.84 Å². The summed E-state index contributed by atoms with van der Waals surface area (Å²) in [5, 5.41) is 8.71. The molecule has 3 N–H and O–H groups in total. The summed E-state index contributed by atoms with van der Waals surface area (Å²) in [7, 11) is 0. The Morgan fingerprint density at radius 3 is 2.60 bits per heavy atom. The number of hydrogen-bond donors (Lipinski definition) is 2. The van der Waals surface area contributed by atoms with Crippen molar-refractivity contribution >= 4 is 29.0 Å². The molecule has 0 unspecified atom stereocenters. The molecule has 0 heterocycles. The summed E-state index contributed by atoms with van der Waals surface area (Å²) in [6.45, 7) is 2.26. The third kappa shape index (κ3) is 3.44.